The average molecular weight is 496 g/mol. The van der Waals surface area contributed by atoms with Gasteiger partial charge in [0, 0.05) is 18.3 Å². The SMILES string of the molecule is CC.CC.CC(C)CCCC(C)C1CCC2C3C(CC[C@]12C)[C@@]1(C)CCC(=O)NC1C[C@@H]3CCl. The third-order valence-corrected chi connectivity index (χ3v) is 11.1. The molecule has 2 nitrogen and oxygen atoms in total. The summed E-state index contributed by atoms with van der Waals surface area (Å²) < 4.78 is 0. The molecule has 0 bridgehead atoms. The first-order valence-electron chi connectivity index (χ1n) is 15.1. The standard InChI is InChI=1S/C27H46ClNO.2C2H6/c1-17(2)7-6-8-18(3)20-9-10-21-25-19(16-28)15-23-27(5,14-12-24(30)29-23)22(25)11-13-26(20,21)4;2*1-2/h17-23,25H,6-16H2,1-5H3,(H,29,30);2*1-2H3/t18?,19-,20?,21?,22?,23?,25?,26-,27-;;/m1../s1. The van der Waals surface area contributed by atoms with Crippen molar-refractivity contribution in [1.29, 1.82) is 0 Å². The summed E-state index contributed by atoms with van der Waals surface area (Å²) in [6, 6.07) is 0.347. The van der Waals surface area contributed by atoms with Crippen molar-refractivity contribution in [2.45, 2.75) is 133 Å². The van der Waals surface area contributed by atoms with Gasteiger partial charge < -0.3 is 5.32 Å². The molecule has 0 aromatic heterocycles. The van der Waals surface area contributed by atoms with Gasteiger partial charge in [0.2, 0.25) is 5.91 Å². The highest BCUT2D eigenvalue weighted by Gasteiger charge is 2.62. The lowest BCUT2D eigenvalue weighted by atomic mass is 9.44. The van der Waals surface area contributed by atoms with Gasteiger partial charge >= 0.3 is 0 Å². The van der Waals surface area contributed by atoms with E-state index in [4.69, 9.17) is 11.6 Å². The van der Waals surface area contributed by atoms with Crippen molar-refractivity contribution >= 4 is 17.5 Å². The number of piperidine rings is 1. The fourth-order valence-electron chi connectivity index (χ4n) is 9.03. The van der Waals surface area contributed by atoms with Crippen molar-refractivity contribution in [3.8, 4) is 0 Å². The van der Waals surface area contributed by atoms with Gasteiger partial charge in [0.05, 0.1) is 0 Å². The quantitative estimate of drug-likeness (QED) is 0.365. The van der Waals surface area contributed by atoms with Crippen LogP contribution in [0.25, 0.3) is 0 Å². The van der Waals surface area contributed by atoms with Crippen molar-refractivity contribution in [2.75, 3.05) is 5.88 Å². The van der Waals surface area contributed by atoms with Gasteiger partial charge in [-0.15, -0.1) is 11.6 Å². The van der Waals surface area contributed by atoms with Gasteiger partial charge in [0.25, 0.3) is 0 Å². The number of alkyl halides is 1. The molecular weight excluding hydrogens is 438 g/mol. The van der Waals surface area contributed by atoms with Crippen LogP contribution < -0.4 is 5.32 Å². The highest BCUT2D eigenvalue weighted by atomic mass is 35.5. The van der Waals surface area contributed by atoms with E-state index in [-0.39, 0.29) is 11.3 Å². The fraction of sp³-hybridized carbons (Fsp3) is 0.968. The molecule has 4 aliphatic rings. The van der Waals surface area contributed by atoms with Crippen LogP contribution >= 0.6 is 11.6 Å². The molecule has 0 aromatic carbocycles. The Hall–Kier alpha value is -0.240. The molecule has 3 saturated carbocycles. The molecule has 0 spiro atoms. The Morgan fingerprint density at radius 2 is 1.59 bits per heavy atom. The molecule has 4 rings (SSSR count). The maximum Gasteiger partial charge on any atom is 0.220 e. The normalized spacial score (nSPS) is 41.6. The first kappa shape index (κ1) is 30.0. The zero-order valence-electron chi connectivity index (χ0n) is 24.2. The van der Waals surface area contributed by atoms with Gasteiger partial charge in [-0.2, -0.15) is 0 Å². The predicted molar refractivity (Wildman–Crippen MR) is 149 cm³/mol. The zero-order chi connectivity index (χ0) is 25.7. The number of halogens is 1. The summed E-state index contributed by atoms with van der Waals surface area (Å²) in [6.45, 7) is 20.4. The van der Waals surface area contributed by atoms with Gasteiger partial charge in [0.15, 0.2) is 0 Å². The minimum atomic E-state index is 0.265. The number of hydrogen-bond donors (Lipinski definition) is 1. The second kappa shape index (κ2) is 12.8. The van der Waals surface area contributed by atoms with Crippen LogP contribution in [0.5, 0.6) is 0 Å². The number of nitrogens with one attached hydrogen (secondary N) is 1. The van der Waals surface area contributed by atoms with E-state index in [9.17, 15) is 4.79 Å². The number of rotatable bonds is 6. The van der Waals surface area contributed by atoms with Gasteiger partial charge in [-0.25, -0.2) is 0 Å². The largest absolute Gasteiger partial charge is 0.353 e. The predicted octanol–water partition coefficient (Wildman–Crippen LogP) is 9.10. The molecule has 34 heavy (non-hydrogen) atoms. The van der Waals surface area contributed by atoms with Gasteiger partial charge in [-0.05, 0) is 90.8 Å². The molecule has 3 aliphatic carbocycles. The van der Waals surface area contributed by atoms with Crippen LogP contribution in [0, 0.1) is 52.3 Å². The molecule has 9 atom stereocenters. The lowest BCUT2D eigenvalue weighted by Gasteiger charge is -2.62. The average Bonchev–Trinajstić information content (AvgIpc) is 3.18. The van der Waals surface area contributed by atoms with E-state index >= 15 is 0 Å². The highest BCUT2D eigenvalue weighted by Crippen LogP contribution is 2.67. The van der Waals surface area contributed by atoms with Crippen LogP contribution in [0.4, 0.5) is 0 Å². The Bertz CT molecular complexity index is 635. The molecule has 4 fully saturated rings. The number of carbonyl (C=O) groups is 1. The van der Waals surface area contributed by atoms with Crippen molar-refractivity contribution in [3.05, 3.63) is 0 Å². The first-order valence-corrected chi connectivity index (χ1v) is 15.6. The topological polar surface area (TPSA) is 29.1 Å². The molecule has 200 valence electrons. The highest BCUT2D eigenvalue weighted by molar-refractivity contribution is 6.18. The van der Waals surface area contributed by atoms with E-state index in [1.807, 2.05) is 27.7 Å². The number of carbonyl (C=O) groups excluding carboxylic acids is 1. The van der Waals surface area contributed by atoms with Gasteiger partial charge in [0.1, 0.15) is 0 Å². The molecule has 1 saturated heterocycles. The number of amides is 1. The summed E-state index contributed by atoms with van der Waals surface area (Å²) in [4.78, 5) is 12.2. The van der Waals surface area contributed by atoms with Crippen LogP contribution in [0.3, 0.4) is 0 Å². The van der Waals surface area contributed by atoms with Gasteiger partial charge in [-0.3, -0.25) is 4.79 Å². The van der Waals surface area contributed by atoms with E-state index in [0.717, 1.165) is 60.6 Å². The van der Waals surface area contributed by atoms with E-state index in [1.54, 1.807) is 0 Å². The van der Waals surface area contributed by atoms with Crippen LogP contribution in [0.1, 0.15) is 127 Å². The summed E-state index contributed by atoms with van der Waals surface area (Å²) in [7, 11) is 0. The molecule has 6 unspecified atom stereocenters. The van der Waals surface area contributed by atoms with E-state index < -0.39 is 0 Å². The second-order valence-corrected chi connectivity index (χ2v) is 12.9. The third kappa shape index (κ3) is 5.68. The monoisotopic (exact) mass is 495 g/mol. The smallest absolute Gasteiger partial charge is 0.220 e. The van der Waals surface area contributed by atoms with Crippen LogP contribution in [-0.2, 0) is 4.79 Å². The number of hydrogen-bond acceptors (Lipinski definition) is 1. The summed E-state index contributed by atoms with van der Waals surface area (Å²) in [5.41, 5.74) is 0.785. The van der Waals surface area contributed by atoms with Crippen molar-refractivity contribution in [2.24, 2.45) is 52.3 Å². The molecule has 1 N–H and O–H groups in total. The Balaban J connectivity index is 0.000000970. The second-order valence-electron chi connectivity index (χ2n) is 12.6. The van der Waals surface area contributed by atoms with Crippen LogP contribution in [-0.4, -0.2) is 17.8 Å². The van der Waals surface area contributed by atoms with Gasteiger partial charge in [-0.1, -0.05) is 81.6 Å². The third-order valence-electron chi connectivity index (χ3n) is 10.7. The van der Waals surface area contributed by atoms with Crippen LogP contribution in [0.15, 0.2) is 0 Å². The molecule has 0 radical (unpaired) electrons. The summed E-state index contributed by atoms with van der Waals surface area (Å²) in [5, 5.41) is 3.39. The number of fused-ring (bicyclic) bond motifs is 5. The lowest BCUT2D eigenvalue weighted by molar-refractivity contribution is -0.144. The Kier molecular flexibility index (Phi) is 11.3. The summed E-state index contributed by atoms with van der Waals surface area (Å²) >= 11 is 6.63. The Morgan fingerprint density at radius 3 is 2.21 bits per heavy atom. The minimum Gasteiger partial charge on any atom is -0.353 e. The maximum absolute atomic E-state index is 12.2. The van der Waals surface area contributed by atoms with Crippen molar-refractivity contribution in [3.63, 3.8) is 0 Å². The molecule has 1 aliphatic heterocycles. The molecule has 3 heteroatoms. The summed E-state index contributed by atoms with van der Waals surface area (Å²) in [5.74, 6) is 6.54. The van der Waals surface area contributed by atoms with Crippen molar-refractivity contribution in [1.82, 2.24) is 5.32 Å². The maximum atomic E-state index is 12.2. The minimum absolute atomic E-state index is 0.265. The van der Waals surface area contributed by atoms with Crippen LogP contribution in [0.2, 0.25) is 0 Å². The Labute approximate surface area is 218 Å². The fourth-order valence-corrected chi connectivity index (χ4v) is 9.36. The first-order chi connectivity index (χ1) is 16.2. The molecule has 1 amide bonds. The summed E-state index contributed by atoms with van der Waals surface area (Å²) in [6.07, 6.45) is 12.7. The molecular formula is C31H58ClNO. The molecule has 0 aromatic rings. The molecule has 1 heterocycles. The zero-order valence-corrected chi connectivity index (χ0v) is 24.9. The van der Waals surface area contributed by atoms with E-state index in [0.29, 0.717) is 17.4 Å². The van der Waals surface area contributed by atoms with Crippen molar-refractivity contribution < 1.29 is 4.79 Å². The van der Waals surface area contributed by atoms with E-state index in [1.165, 1.54) is 44.9 Å². The Morgan fingerprint density at radius 1 is 0.941 bits per heavy atom. The van der Waals surface area contributed by atoms with E-state index in [2.05, 4.69) is 39.9 Å². The lowest BCUT2D eigenvalue weighted by Crippen LogP contribution is -2.63.